The molecule has 3 rings (SSSR count). The first-order valence-corrected chi connectivity index (χ1v) is 12.9. The highest BCUT2D eigenvalue weighted by atomic mass is 16.6. The number of alkyl carbamates (subject to hydrolysis) is 1. The van der Waals surface area contributed by atoms with Crippen LogP contribution in [-0.4, -0.2) is 64.6 Å². The van der Waals surface area contributed by atoms with E-state index in [0.717, 1.165) is 22.9 Å². The second-order valence-corrected chi connectivity index (χ2v) is 9.76. The number of aromatic nitrogens is 3. The van der Waals surface area contributed by atoms with Gasteiger partial charge in [-0.2, -0.15) is 4.98 Å². The molecule has 12 heteroatoms. The number of carbonyl (C=O) groups excluding carboxylic acids is 3. The quantitative estimate of drug-likeness (QED) is 0.219. The molecule has 0 aliphatic rings. The van der Waals surface area contributed by atoms with Crippen LogP contribution in [0.3, 0.4) is 0 Å². The molecule has 2 aromatic heterocycles. The van der Waals surface area contributed by atoms with Crippen LogP contribution in [0.1, 0.15) is 50.9 Å². The number of hydrogen-bond donors (Lipinski definition) is 5. The number of ether oxygens (including phenoxy) is 1. The van der Waals surface area contributed by atoms with Crippen molar-refractivity contribution in [3.63, 3.8) is 0 Å². The van der Waals surface area contributed by atoms with Crippen LogP contribution in [0, 0.1) is 0 Å². The van der Waals surface area contributed by atoms with Gasteiger partial charge in [0.25, 0.3) is 5.91 Å². The molecule has 0 unspecified atom stereocenters. The Labute approximate surface area is 227 Å². The molecule has 0 bridgehead atoms. The fourth-order valence-corrected chi connectivity index (χ4v) is 3.42. The first kappa shape index (κ1) is 29.1. The van der Waals surface area contributed by atoms with Crippen LogP contribution in [0.2, 0.25) is 0 Å². The highest BCUT2D eigenvalue weighted by molar-refractivity contribution is 5.98. The average Bonchev–Trinajstić information content (AvgIpc) is 2.89. The van der Waals surface area contributed by atoms with Gasteiger partial charge in [0, 0.05) is 49.3 Å². The van der Waals surface area contributed by atoms with Crippen molar-refractivity contribution in [2.45, 2.75) is 46.1 Å². The van der Waals surface area contributed by atoms with Gasteiger partial charge >= 0.3 is 6.09 Å². The molecule has 0 atom stereocenters. The number of pyridine rings is 1. The van der Waals surface area contributed by atoms with Gasteiger partial charge in [-0.15, -0.1) is 0 Å². The smallest absolute Gasteiger partial charge is 0.408 e. The Kier molecular flexibility index (Phi) is 10.4. The van der Waals surface area contributed by atoms with Crippen molar-refractivity contribution < 1.29 is 19.1 Å². The molecule has 0 radical (unpaired) electrons. The van der Waals surface area contributed by atoms with Crippen molar-refractivity contribution >= 4 is 46.1 Å². The van der Waals surface area contributed by atoms with Crippen LogP contribution < -0.4 is 26.6 Å². The van der Waals surface area contributed by atoms with E-state index in [9.17, 15) is 14.4 Å². The normalized spacial score (nSPS) is 11.0. The molecule has 5 N–H and O–H groups in total. The molecule has 2 heterocycles. The minimum Gasteiger partial charge on any atom is -0.444 e. The number of nitrogens with zero attached hydrogens (tertiary/aromatic N) is 3. The van der Waals surface area contributed by atoms with Crippen molar-refractivity contribution in [3.05, 3.63) is 48.4 Å². The number of benzene rings is 1. The lowest BCUT2D eigenvalue weighted by Gasteiger charge is -2.19. The predicted octanol–water partition coefficient (Wildman–Crippen LogP) is 3.35. The second-order valence-electron chi connectivity index (χ2n) is 9.76. The molecule has 0 saturated carbocycles. The third-order valence-corrected chi connectivity index (χ3v) is 5.23. The fourth-order valence-electron chi connectivity index (χ4n) is 3.42. The van der Waals surface area contributed by atoms with Gasteiger partial charge in [-0.1, -0.05) is 13.0 Å². The first-order valence-electron chi connectivity index (χ1n) is 12.9. The molecule has 0 aliphatic heterocycles. The van der Waals surface area contributed by atoms with Crippen molar-refractivity contribution in [2.24, 2.45) is 0 Å². The molecule has 39 heavy (non-hydrogen) atoms. The lowest BCUT2D eigenvalue weighted by Crippen LogP contribution is -2.40. The molecular weight excluding hydrogens is 500 g/mol. The number of hydrogen-bond acceptors (Lipinski definition) is 9. The maximum Gasteiger partial charge on any atom is 0.408 e. The van der Waals surface area contributed by atoms with Crippen LogP contribution in [0.15, 0.2) is 42.9 Å². The first-order chi connectivity index (χ1) is 18.6. The van der Waals surface area contributed by atoms with E-state index < -0.39 is 11.7 Å². The summed E-state index contributed by atoms with van der Waals surface area (Å²) in [5.41, 5.74) is 0.502. The topological polar surface area (TPSA) is 159 Å². The molecule has 0 saturated heterocycles. The Morgan fingerprint density at radius 2 is 1.74 bits per heavy atom. The predicted molar refractivity (Wildman–Crippen MR) is 150 cm³/mol. The third-order valence-electron chi connectivity index (χ3n) is 5.23. The van der Waals surface area contributed by atoms with E-state index in [4.69, 9.17) is 4.74 Å². The lowest BCUT2D eigenvalue weighted by atomic mass is 10.1. The van der Waals surface area contributed by atoms with Crippen molar-refractivity contribution in [1.29, 1.82) is 0 Å². The fraction of sp³-hybridized carbons (Fsp3) is 0.407. The van der Waals surface area contributed by atoms with Gasteiger partial charge in [-0.25, -0.2) is 9.78 Å². The second kappa shape index (κ2) is 13.9. The number of fused-ring (bicyclic) bond motifs is 1. The third kappa shape index (κ3) is 9.72. The molecular formula is C27H36N8O4. The Hall–Kier alpha value is -4.48. The van der Waals surface area contributed by atoms with Crippen LogP contribution in [0.25, 0.3) is 10.8 Å². The number of amides is 3. The van der Waals surface area contributed by atoms with E-state index in [1.54, 1.807) is 33.2 Å². The zero-order valence-corrected chi connectivity index (χ0v) is 22.8. The monoisotopic (exact) mass is 536 g/mol. The van der Waals surface area contributed by atoms with Crippen LogP contribution in [0.4, 0.5) is 22.2 Å². The SMILES string of the molecule is CCCNc1nc(Nc2ccc3cnccc3c2)ncc1C(=O)NCCCNC(=O)CNC(=O)OC(C)(C)C. The number of carbonyl (C=O) groups is 3. The Morgan fingerprint density at radius 1 is 0.949 bits per heavy atom. The highest BCUT2D eigenvalue weighted by Gasteiger charge is 2.17. The van der Waals surface area contributed by atoms with Gasteiger partial charge in [0.2, 0.25) is 11.9 Å². The zero-order chi connectivity index (χ0) is 28.3. The van der Waals surface area contributed by atoms with Gasteiger partial charge < -0.3 is 31.3 Å². The maximum absolute atomic E-state index is 12.8. The minimum atomic E-state index is -0.657. The van der Waals surface area contributed by atoms with Gasteiger partial charge in [-0.3, -0.25) is 14.6 Å². The van der Waals surface area contributed by atoms with Gasteiger partial charge in [0.05, 0.1) is 6.54 Å². The standard InChI is InChI=1S/C27H36N8O4/c1-5-10-30-23-21(16-32-25(35-23)34-20-8-7-19-15-28-13-9-18(19)14-20)24(37)31-12-6-11-29-22(36)17-33-26(38)39-27(2,3)4/h7-9,13-16H,5-6,10-12,17H2,1-4H3,(H,29,36)(H,31,37)(H,33,38)(H2,30,32,34,35). The maximum atomic E-state index is 12.8. The summed E-state index contributed by atoms with van der Waals surface area (Å²) in [6.07, 6.45) is 5.72. The number of nitrogens with one attached hydrogen (secondary N) is 5. The van der Waals surface area contributed by atoms with E-state index in [1.807, 2.05) is 31.2 Å². The summed E-state index contributed by atoms with van der Waals surface area (Å²) >= 11 is 0. The summed E-state index contributed by atoms with van der Waals surface area (Å²) < 4.78 is 5.09. The molecule has 0 fully saturated rings. The van der Waals surface area contributed by atoms with Crippen LogP contribution >= 0.6 is 0 Å². The van der Waals surface area contributed by atoms with Gasteiger partial charge in [0.15, 0.2) is 0 Å². The Bertz CT molecular complexity index is 1290. The molecule has 1 aromatic carbocycles. The van der Waals surface area contributed by atoms with E-state index in [0.29, 0.717) is 43.4 Å². The summed E-state index contributed by atoms with van der Waals surface area (Å²) in [6.45, 7) is 8.36. The number of anilines is 3. The lowest BCUT2D eigenvalue weighted by molar-refractivity contribution is -0.120. The minimum absolute atomic E-state index is 0.193. The van der Waals surface area contributed by atoms with Crippen LogP contribution in [0.5, 0.6) is 0 Å². The van der Waals surface area contributed by atoms with Crippen molar-refractivity contribution in [3.8, 4) is 0 Å². The molecule has 3 amide bonds. The number of rotatable bonds is 12. The zero-order valence-electron chi connectivity index (χ0n) is 22.8. The van der Waals surface area contributed by atoms with Crippen LogP contribution in [-0.2, 0) is 9.53 Å². The summed E-state index contributed by atoms with van der Waals surface area (Å²) in [7, 11) is 0. The summed E-state index contributed by atoms with van der Waals surface area (Å²) in [5.74, 6) is 0.119. The molecule has 208 valence electrons. The largest absolute Gasteiger partial charge is 0.444 e. The van der Waals surface area contributed by atoms with Crippen molar-refractivity contribution in [2.75, 3.05) is 36.8 Å². The summed E-state index contributed by atoms with van der Waals surface area (Å²) in [4.78, 5) is 49.3. The summed E-state index contributed by atoms with van der Waals surface area (Å²) in [6, 6.07) is 7.78. The highest BCUT2D eigenvalue weighted by Crippen LogP contribution is 2.22. The van der Waals surface area contributed by atoms with E-state index in [2.05, 4.69) is 41.5 Å². The molecule has 12 nitrogen and oxygen atoms in total. The Morgan fingerprint density at radius 3 is 2.51 bits per heavy atom. The average molecular weight is 537 g/mol. The van der Waals surface area contributed by atoms with E-state index in [-0.39, 0.29) is 18.4 Å². The van der Waals surface area contributed by atoms with Gasteiger partial charge in [0.1, 0.15) is 17.0 Å². The molecule has 0 aliphatic carbocycles. The van der Waals surface area contributed by atoms with Crippen molar-refractivity contribution in [1.82, 2.24) is 30.9 Å². The Balaban J connectivity index is 1.49. The van der Waals surface area contributed by atoms with E-state index >= 15 is 0 Å². The molecule has 0 spiro atoms. The van der Waals surface area contributed by atoms with Gasteiger partial charge in [-0.05, 0) is 57.2 Å². The molecule has 3 aromatic rings. The van der Waals surface area contributed by atoms with E-state index in [1.165, 1.54) is 6.20 Å². The summed E-state index contributed by atoms with van der Waals surface area (Å²) in [5, 5.41) is 16.4.